The SMILES string of the molecule is CCC(C)C(C)Nc1cc(C)cnn1. The minimum absolute atomic E-state index is 0.441. The van der Waals surface area contributed by atoms with Crippen LogP contribution in [-0.2, 0) is 0 Å². The molecule has 0 fully saturated rings. The van der Waals surface area contributed by atoms with Gasteiger partial charge in [0.25, 0.3) is 0 Å². The standard InChI is InChI=1S/C11H19N3/c1-5-9(3)10(4)13-11-6-8(2)7-12-14-11/h6-7,9-10H,5H2,1-4H3,(H,13,14). The number of aryl methyl sites for hydroxylation is 1. The highest BCUT2D eigenvalue weighted by Gasteiger charge is 2.10. The predicted octanol–water partition coefficient (Wildman–Crippen LogP) is 2.63. The zero-order valence-electron chi connectivity index (χ0n) is 9.41. The van der Waals surface area contributed by atoms with Crippen LogP contribution >= 0.6 is 0 Å². The molecule has 3 heteroatoms. The van der Waals surface area contributed by atoms with Gasteiger partial charge in [-0.05, 0) is 31.4 Å². The predicted molar refractivity (Wildman–Crippen MR) is 59.3 cm³/mol. The van der Waals surface area contributed by atoms with Crippen molar-refractivity contribution in [2.24, 2.45) is 5.92 Å². The smallest absolute Gasteiger partial charge is 0.149 e. The van der Waals surface area contributed by atoms with Gasteiger partial charge in [0.1, 0.15) is 5.82 Å². The lowest BCUT2D eigenvalue weighted by molar-refractivity contribution is 0.493. The fourth-order valence-electron chi connectivity index (χ4n) is 1.26. The molecular formula is C11H19N3. The Hall–Kier alpha value is -1.12. The maximum Gasteiger partial charge on any atom is 0.149 e. The lowest BCUT2D eigenvalue weighted by Gasteiger charge is -2.20. The summed E-state index contributed by atoms with van der Waals surface area (Å²) in [5, 5.41) is 11.3. The Bertz CT molecular complexity index is 286. The van der Waals surface area contributed by atoms with Crippen molar-refractivity contribution in [2.45, 2.75) is 40.2 Å². The van der Waals surface area contributed by atoms with Gasteiger partial charge < -0.3 is 5.32 Å². The van der Waals surface area contributed by atoms with E-state index in [4.69, 9.17) is 0 Å². The van der Waals surface area contributed by atoms with Gasteiger partial charge in [-0.3, -0.25) is 0 Å². The molecule has 0 aliphatic heterocycles. The van der Waals surface area contributed by atoms with Gasteiger partial charge in [0.2, 0.25) is 0 Å². The Morgan fingerprint density at radius 1 is 1.43 bits per heavy atom. The van der Waals surface area contributed by atoms with E-state index in [0.29, 0.717) is 12.0 Å². The van der Waals surface area contributed by atoms with Crippen LogP contribution in [0.1, 0.15) is 32.8 Å². The van der Waals surface area contributed by atoms with E-state index in [1.165, 1.54) is 6.42 Å². The molecule has 1 N–H and O–H groups in total. The summed E-state index contributed by atoms with van der Waals surface area (Å²) < 4.78 is 0. The average Bonchev–Trinajstić information content (AvgIpc) is 2.16. The van der Waals surface area contributed by atoms with E-state index in [9.17, 15) is 0 Å². The second-order valence-electron chi connectivity index (χ2n) is 3.94. The van der Waals surface area contributed by atoms with Gasteiger partial charge in [0.15, 0.2) is 0 Å². The Kier molecular flexibility index (Phi) is 3.86. The van der Waals surface area contributed by atoms with Crippen molar-refractivity contribution in [1.29, 1.82) is 0 Å². The minimum Gasteiger partial charge on any atom is -0.366 e. The summed E-state index contributed by atoms with van der Waals surface area (Å²) in [5.74, 6) is 1.52. The molecule has 0 radical (unpaired) electrons. The summed E-state index contributed by atoms with van der Waals surface area (Å²) in [6, 6.07) is 2.46. The number of hydrogen-bond donors (Lipinski definition) is 1. The highest BCUT2D eigenvalue weighted by molar-refractivity contribution is 5.36. The lowest BCUT2D eigenvalue weighted by atomic mass is 10.0. The number of nitrogens with one attached hydrogen (secondary N) is 1. The highest BCUT2D eigenvalue weighted by Crippen LogP contribution is 2.12. The van der Waals surface area contributed by atoms with Gasteiger partial charge in [-0.15, -0.1) is 5.10 Å². The van der Waals surface area contributed by atoms with Gasteiger partial charge in [0, 0.05) is 6.04 Å². The van der Waals surface area contributed by atoms with Crippen molar-refractivity contribution in [1.82, 2.24) is 10.2 Å². The van der Waals surface area contributed by atoms with Crippen LogP contribution in [0.4, 0.5) is 5.82 Å². The monoisotopic (exact) mass is 193 g/mol. The van der Waals surface area contributed by atoms with Crippen LogP contribution in [0.25, 0.3) is 0 Å². The molecule has 2 atom stereocenters. The van der Waals surface area contributed by atoms with E-state index in [-0.39, 0.29) is 0 Å². The van der Waals surface area contributed by atoms with E-state index in [1.807, 2.05) is 13.0 Å². The molecule has 1 heterocycles. The molecule has 78 valence electrons. The molecule has 0 saturated heterocycles. The molecule has 0 aromatic carbocycles. The van der Waals surface area contributed by atoms with E-state index < -0.39 is 0 Å². The third kappa shape index (κ3) is 2.98. The summed E-state index contributed by atoms with van der Waals surface area (Å²) in [5.41, 5.74) is 1.14. The van der Waals surface area contributed by atoms with Crippen LogP contribution in [0.15, 0.2) is 12.3 Å². The van der Waals surface area contributed by atoms with Crippen molar-refractivity contribution in [3.8, 4) is 0 Å². The summed E-state index contributed by atoms with van der Waals surface area (Å²) in [6.07, 6.45) is 2.94. The largest absolute Gasteiger partial charge is 0.366 e. The molecule has 0 aliphatic rings. The lowest BCUT2D eigenvalue weighted by Crippen LogP contribution is -2.23. The van der Waals surface area contributed by atoms with Crippen LogP contribution in [-0.4, -0.2) is 16.2 Å². The Balaban J connectivity index is 2.60. The van der Waals surface area contributed by atoms with E-state index >= 15 is 0 Å². The van der Waals surface area contributed by atoms with Crippen molar-refractivity contribution in [2.75, 3.05) is 5.32 Å². The molecule has 0 saturated carbocycles. The van der Waals surface area contributed by atoms with Crippen LogP contribution in [0, 0.1) is 12.8 Å². The maximum absolute atomic E-state index is 4.04. The Labute approximate surface area is 85.9 Å². The molecule has 0 aliphatic carbocycles. The van der Waals surface area contributed by atoms with E-state index in [0.717, 1.165) is 11.4 Å². The highest BCUT2D eigenvalue weighted by atomic mass is 15.2. The summed E-state index contributed by atoms with van der Waals surface area (Å²) in [7, 11) is 0. The van der Waals surface area contributed by atoms with Crippen LogP contribution in [0.2, 0.25) is 0 Å². The third-order valence-electron chi connectivity index (χ3n) is 2.66. The fourth-order valence-corrected chi connectivity index (χ4v) is 1.26. The quantitative estimate of drug-likeness (QED) is 0.798. The molecular weight excluding hydrogens is 174 g/mol. The summed E-state index contributed by atoms with van der Waals surface area (Å²) in [4.78, 5) is 0. The second kappa shape index (κ2) is 4.94. The maximum atomic E-state index is 4.04. The van der Waals surface area contributed by atoms with Crippen molar-refractivity contribution in [3.63, 3.8) is 0 Å². The Morgan fingerprint density at radius 2 is 2.14 bits per heavy atom. The van der Waals surface area contributed by atoms with E-state index in [2.05, 4.69) is 36.3 Å². The minimum atomic E-state index is 0.441. The zero-order chi connectivity index (χ0) is 10.6. The van der Waals surface area contributed by atoms with Gasteiger partial charge >= 0.3 is 0 Å². The normalized spacial score (nSPS) is 14.9. The fraction of sp³-hybridized carbons (Fsp3) is 0.636. The molecule has 1 aromatic heterocycles. The first-order valence-corrected chi connectivity index (χ1v) is 5.19. The van der Waals surface area contributed by atoms with Crippen molar-refractivity contribution < 1.29 is 0 Å². The zero-order valence-corrected chi connectivity index (χ0v) is 9.41. The molecule has 1 rings (SSSR count). The molecule has 1 aromatic rings. The van der Waals surface area contributed by atoms with Gasteiger partial charge in [-0.25, -0.2) is 0 Å². The van der Waals surface area contributed by atoms with Crippen molar-refractivity contribution >= 4 is 5.82 Å². The topological polar surface area (TPSA) is 37.8 Å². The van der Waals surface area contributed by atoms with Crippen molar-refractivity contribution in [3.05, 3.63) is 17.8 Å². The third-order valence-corrected chi connectivity index (χ3v) is 2.66. The van der Waals surface area contributed by atoms with Crippen LogP contribution in [0.3, 0.4) is 0 Å². The first kappa shape index (κ1) is 11.0. The molecule has 0 spiro atoms. The number of hydrogen-bond acceptors (Lipinski definition) is 3. The first-order valence-electron chi connectivity index (χ1n) is 5.19. The Morgan fingerprint density at radius 3 is 2.71 bits per heavy atom. The van der Waals surface area contributed by atoms with Crippen LogP contribution < -0.4 is 5.32 Å². The number of aromatic nitrogens is 2. The number of anilines is 1. The number of nitrogens with zero attached hydrogens (tertiary/aromatic N) is 2. The molecule has 0 bridgehead atoms. The van der Waals surface area contributed by atoms with Crippen LogP contribution in [0.5, 0.6) is 0 Å². The van der Waals surface area contributed by atoms with E-state index in [1.54, 1.807) is 6.20 Å². The summed E-state index contributed by atoms with van der Waals surface area (Å²) >= 11 is 0. The molecule has 14 heavy (non-hydrogen) atoms. The van der Waals surface area contributed by atoms with Gasteiger partial charge in [-0.1, -0.05) is 20.3 Å². The molecule has 2 unspecified atom stereocenters. The average molecular weight is 193 g/mol. The second-order valence-corrected chi connectivity index (χ2v) is 3.94. The molecule has 0 amide bonds. The molecule has 3 nitrogen and oxygen atoms in total. The van der Waals surface area contributed by atoms with Gasteiger partial charge in [0.05, 0.1) is 6.20 Å². The number of rotatable bonds is 4. The summed E-state index contributed by atoms with van der Waals surface area (Å²) in [6.45, 7) is 8.64. The first-order chi connectivity index (χ1) is 6.63. The van der Waals surface area contributed by atoms with Gasteiger partial charge in [-0.2, -0.15) is 5.10 Å².